The zero-order valence-corrected chi connectivity index (χ0v) is 34.9. The van der Waals surface area contributed by atoms with Gasteiger partial charge in [0, 0.05) is 43.3 Å². The van der Waals surface area contributed by atoms with Crippen molar-refractivity contribution in [1.82, 2.24) is 0 Å². The highest BCUT2D eigenvalue weighted by Crippen LogP contribution is 2.49. The Morgan fingerprint density at radius 1 is 0.472 bits per heavy atom. The van der Waals surface area contributed by atoms with Crippen molar-refractivity contribution in [2.24, 2.45) is 0 Å². The van der Waals surface area contributed by atoms with Crippen molar-refractivity contribution in [2.75, 3.05) is 9.80 Å². The van der Waals surface area contributed by atoms with Crippen molar-refractivity contribution < 1.29 is 0 Å². The van der Waals surface area contributed by atoms with E-state index in [1.54, 1.807) is 0 Å². The summed E-state index contributed by atoms with van der Waals surface area (Å²) in [5, 5.41) is 1.35. The van der Waals surface area contributed by atoms with E-state index < -0.39 is 0 Å². The maximum absolute atomic E-state index is 2.60. The van der Waals surface area contributed by atoms with Crippen LogP contribution in [0.2, 0.25) is 0 Å². The van der Waals surface area contributed by atoms with Gasteiger partial charge in [0.1, 0.15) is 0 Å². The molecule has 0 N–H and O–H groups in total. The Labute approximate surface area is 323 Å². The van der Waals surface area contributed by atoms with Gasteiger partial charge in [-0.1, -0.05) is 126 Å². The molecule has 0 atom stereocenters. The Balaban J connectivity index is 1.47. The highest BCUT2D eigenvalue weighted by Gasteiger charge is 2.45. The van der Waals surface area contributed by atoms with E-state index in [4.69, 9.17) is 0 Å². The molecule has 0 unspecified atom stereocenters. The third-order valence-corrected chi connectivity index (χ3v) is 12.7. The number of thiophene rings is 1. The molecular weight excluding hydrogens is 659 g/mol. The summed E-state index contributed by atoms with van der Waals surface area (Å²) < 4.78 is 2.77. The smallest absolute Gasteiger partial charge is 0.264 e. The number of hydrogen-bond acceptors (Lipinski definition) is 3. The summed E-state index contributed by atoms with van der Waals surface area (Å²) in [6, 6.07) is 38.1. The molecule has 0 aliphatic carbocycles. The summed E-state index contributed by atoms with van der Waals surface area (Å²) in [6.45, 7) is 30.1. The number of anilines is 6. The van der Waals surface area contributed by atoms with Crippen molar-refractivity contribution >= 4 is 78.0 Å². The Kier molecular flexibility index (Phi) is 8.00. The second-order valence-corrected chi connectivity index (χ2v) is 20.8. The zero-order chi connectivity index (χ0) is 38.0. The SMILES string of the molecule is Cc1cc2c3c(c1)N(c1ccc(C(C)(C)C)cc1)c1c(sc4ccc(C(C)(C)C)cc14)B3c1ccc(C(C)(C)C)cc1N2c1ccc(C(C)(C)C)cc1. The zero-order valence-electron chi connectivity index (χ0n) is 34.1. The van der Waals surface area contributed by atoms with E-state index in [1.165, 1.54) is 87.7 Å². The average Bonchev–Trinajstić information content (AvgIpc) is 3.45. The van der Waals surface area contributed by atoms with Crippen LogP contribution in [0.15, 0.2) is 97.1 Å². The average molecular weight is 715 g/mol. The van der Waals surface area contributed by atoms with Gasteiger partial charge in [-0.2, -0.15) is 0 Å². The maximum Gasteiger partial charge on any atom is 0.264 e. The van der Waals surface area contributed by atoms with E-state index in [0.717, 1.165) is 0 Å². The summed E-state index contributed by atoms with van der Waals surface area (Å²) in [4.78, 5) is 5.17. The lowest BCUT2D eigenvalue weighted by Crippen LogP contribution is -2.60. The monoisotopic (exact) mass is 714 g/mol. The van der Waals surface area contributed by atoms with Gasteiger partial charge in [0.05, 0.1) is 5.69 Å². The number of aryl methyl sites for hydroxylation is 1. The topological polar surface area (TPSA) is 6.48 Å². The first-order valence-corrected chi connectivity index (χ1v) is 20.2. The Hall–Kier alpha value is -4.28. The normalized spacial score (nSPS) is 14.4. The molecule has 0 fully saturated rings. The minimum Gasteiger partial charge on any atom is -0.311 e. The molecule has 3 heterocycles. The quantitative estimate of drug-likeness (QED) is 0.165. The Bertz CT molecular complexity index is 2390. The molecule has 6 aromatic rings. The van der Waals surface area contributed by atoms with Gasteiger partial charge < -0.3 is 9.80 Å². The summed E-state index contributed by atoms with van der Waals surface area (Å²) >= 11 is 1.98. The van der Waals surface area contributed by atoms with Crippen LogP contribution in [0, 0.1) is 6.92 Å². The second kappa shape index (κ2) is 11.9. The molecular formula is C49H55BN2S. The number of benzene rings is 5. The highest BCUT2D eigenvalue weighted by atomic mass is 32.1. The van der Waals surface area contributed by atoms with Crippen molar-refractivity contribution in [3.63, 3.8) is 0 Å². The molecule has 1 aromatic heterocycles. The van der Waals surface area contributed by atoms with E-state index in [-0.39, 0.29) is 28.4 Å². The van der Waals surface area contributed by atoms with Crippen molar-refractivity contribution in [3.8, 4) is 0 Å². The maximum atomic E-state index is 2.60. The number of hydrogen-bond donors (Lipinski definition) is 0. The largest absolute Gasteiger partial charge is 0.311 e. The number of rotatable bonds is 2. The molecule has 0 radical (unpaired) electrons. The minimum absolute atomic E-state index is 0.0174. The number of nitrogens with zero attached hydrogens (tertiary/aromatic N) is 2. The summed E-state index contributed by atoms with van der Waals surface area (Å²) in [5.41, 5.74) is 17.3. The van der Waals surface area contributed by atoms with Gasteiger partial charge in [0.15, 0.2) is 0 Å². The van der Waals surface area contributed by atoms with Crippen LogP contribution in [0.1, 0.15) is 111 Å². The first-order chi connectivity index (χ1) is 24.7. The molecule has 2 nitrogen and oxygen atoms in total. The van der Waals surface area contributed by atoms with Crippen LogP contribution in [-0.4, -0.2) is 6.71 Å². The van der Waals surface area contributed by atoms with Gasteiger partial charge in [-0.15, -0.1) is 11.3 Å². The molecule has 0 amide bonds. The summed E-state index contributed by atoms with van der Waals surface area (Å²) in [7, 11) is 0. The molecule has 5 aromatic carbocycles. The Morgan fingerprint density at radius 2 is 0.925 bits per heavy atom. The van der Waals surface area contributed by atoms with Gasteiger partial charge >= 0.3 is 0 Å². The molecule has 2 aliphatic heterocycles. The van der Waals surface area contributed by atoms with Gasteiger partial charge in [0.25, 0.3) is 6.71 Å². The summed E-state index contributed by atoms with van der Waals surface area (Å²) in [5.74, 6) is 0. The van der Waals surface area contributed by atoms with Crippen LogP contribution >= 0.6 is 11.3 Å². The second-order valence-electron chi connectivity index (χ2n) is 19.7. The van der Waals surface area contributed by atoms with Gasteiger partial charge in [-0.25, -0.2) is 0 Å². The van der Waals surface area contributed by atoms with E-state index >= 15 is 0 Å². The fourth-order valence-electron chi connectivity index (χ4n) is 8.32. The first-order valence-electron chi connectivity index (χ1n) is 19.4. The molecule has 4 heteroatoms. The van der Waals surface area contributed by atoms with E-state index in [9.17, 15) is 0 Å². The van der Waals surface area contributed by atoms with Crippen LogP contribution in [0.4, 0.5) is 34.1 Å². The van der Waals surface area contributed by atoms with E-state index in [2.05, 4.69) is 197 Å². The number of fused-ring (bicyclic) bond motifs is 6. The van der Waals surface area contributed by atoms with Crippen LogP contribution < -0.4 is 25.5 Å². The Morgan fingerprint density at radius 3 is 1.45 bits per heavy atom. The fourth-order valence-corrected chi connectivity index (χ4v) is 9.61. The highest BCUT2D eigenvalue weighted by molar-refractivity contribution is 7.33. The molecule has 2 aliphatic rings. The van der Waals surface area contributed by atoms with Crippen molar-refractivity contribution in [2.45, 2.75) is 112 Å². The molecule has 53 heavy (non-hydrogen) atoms. The third-order valence-electron chi connectivity index (χ3n) is 11.5. The van der Waals surface area contributed by atoms with Crippen LogP contribution in [0.25, 0.3) is 10.1 Å². The predicted octanol–water partition coefficient (Wildman–Crippen LogP) is 12.5. The first kappa shape index (κ1) is 35.7. The van der Waals surface area contributed by atoms with Crippen molar-refractivity contribution in [3.05, 3.63) is 125 Å². The summed E-state index contributed by atoms with van der Waals surface area (Å²) in [6.07, 6.45) is 0. The standard InChI is InChI=1S/C49H55BN2S/c1-30-26-40-43-41(27-30)52(36-22-16-32(17-23-36)47(5,6)7)44-37-28-33(48(8,9)10)19-25-42(37)53-45(44)50(43)38-24-18-34(49(11,12)13)29-39(38)51(40)35-20-14-31(15-21-35)46(2,3)4/h14-29H,1-13H3. The van der Waals surface area contributed by atoms with Crippen LogP contribution in [-0.2, 0) is 21.7 Å². The van der Waals surface area contributed by atoms with Gasteiger partial charge in [0.2, 0.25) is 0 Å². The fraction of sp³-hybridized carbons (Fsp3) is 0.347. The third kappa shape index (κ3) is 5.93. The van der Waals surface area contributed by atoms with Crippen LogP contribution in [0.5, 0.6) is 0 Å². The lowest BCUT2D eigenvalue weighted by molar-refractivity contribution is 0.590. The molecule has 0 spiro atoms. The minimum atomic E-state index is 0.0174. The molecule has 0 saturated carbocycles. The molecule has 0 saturated heterocycles. The van der Waals surface area contributed by atoms with Crippen molar-refractivity contribution in [1.29, 1.82) is 0 Å². The molecule has 8 rings (SSSR count). The predicted molar refractivity (Wildman–Crippen MR) is 235 cm³/mol. The van der Waals surface area contributed by atoms with Gasteiger partial charge in [-0.3, -0.25) is 0 Å². The van der Waals surface area contributed by atoms with Crippen LogP contribution in [0.3, 0.4) is 0 Å². The molecule has 270 valence electrons. The van der Waals surface area contributed by atoms with Gasteiger partial charge in [-0.05, 0) is 122 Å². The van der Waals surface area contributed by atoms with E-state index in [1.807, 2.05) is 11.3 Å². The lowest BCUT2D eigenvalue weighted by Gasteiger charge is -2.44. The molecule has 0 bridgehead atoms. The lowest BCUT2D eigenvalue weighted by atomic mass is 9.36. The van der Waals surface area contributed by atoms with E-state index in [0.29, 0.717) is 0 Å².